The van der Waals surface area contributed by atoms with Crippen molar-refractivity contribution in [3.05, 3.63) is 53.9 Å². The van der Waals surface area contributed by atoms with E-state index in [4.69, 9.17) is 9.47 Å². The normalized spacial score (nSPS) is 12.0. The van der Waals surface area contributed by atoms with Crippen LogP contribution in [0.2, 0.25) is 0 Å². The van der Waals surface area contributed by atoms with Crippen LogP contribution in [-0.2, 0) is 0 Å². The van der Waals surface area contributed by atoms with Gasteiger partial charge in [0.1, 0.15) is 11.4 Å². The Morgan fingerprint density at radius 3 is 2.54 bits per heavy atom. The summed E-state index contributed by atoms with van der Waals surface area (Å²) >= 11 is 0. The highest BCUT2D eigenvalue weighted by molar-refractivity contribution is 5.93. The Labute approximate surface area is 152 Å². The fraction of sp³-hybridized carbons (Fsp3) is 0.316. The van der Waals surface area contributed by atoms with Gasteiger partial charge in [-0.1, -0.05) is 12.1 Å². The van der Waals surface area contributed by atoms with Crippen LogP contribution in [0.15, 0.2) is 42.6 Å². The van der Waals surface area contributed by atoms with E-state index >= 15 is 0 Å². The molecular weight excluding hydrogens is 332 g/mol. The fourth-order valence-corrected chi connectivity index (χ4v) is 2.57. The van der Waals surface area contributed by atoms with E-state index in [9.17, 15) is 4.79 Å². The van der Waals surface area contributed by atoms with Crippen LogP contribution in [0.1, 0.15) is 42.9 Å². The van der Waals surface area contributed by atoms with E-state index in [2.05, 4.69) is 15.4 Å². The van der Waals surface area contributed by atoms with Crippen molar-refractivity contribution in [2.24, 2.45) is 0 Å². The number of hydrogen-bond acceptors (Lipinski definition) is 5. The van der Waals surface area contributed by atoms with E-state index in [1.807, 2.05) is 45.0 Å². The highest BCUT2D eigenvalue weighted by Crippen LogP contribution is 2.18. The molecule has 1 N–H and O–H groups in total. The number of imidazole rings is 1. The number of amides is 1. The molecule has 0 spiro atoms. The van der Waals surface area contributed by atoms with Crippen LogP contribution >= 0.6 is 0 Å². The molecule has 0 fully saturated rings. The Morgan fingerprint density at radius 2 is 1.85 bits per heavy atom. The smallest absolute Gasteiger partial charge is 0.272 e. The minimum atomic E-state index is -0.255. The van der Waals surface area contributed by atoms with Crippen molar-refractivity contribution in [1.82, 2.24) is 19.9 Å². The number of benzene rings is 1. The molecule has 3 rings (SSSR count). The van der Waals surface area contributed by atoms with E-state index in [-0.39, 0.29) is 11.9 Å². The molecule has 3 aromatic rings. The number of carbonyl (C=O) groups excluding carboxylic acids is 1. The zero-order valence-electron chi connectivity index (χ0n) is 15.1. The summed E-state index contributed by atoms with van der Waals surface area (Å²) < 4.78 is 12.3. The Hall–Kier alpha value is -3.09. The van der Waals surface area contributed by atoms with E-state index in [0.717, 1.165) is 11.3 Å². The van der Waals surface area contributed by atoms with Gasteiger partial charge in [-0.3, -0.25) is 4.79 Å². The van der Waals surface area contributed by atoms with Gasteiger partial charge >= 0.3 is 0 Å². The van der Waals surface area contributed by atoms with Crippen molar-refractivity contribution >= 4 is 11.6 Å². The third kappa shape index (κ3) is 3.93. The number of hydrogen-bond donors (Lipinski definition) is 1. The molecule has 1 unspecified atom stereocenters. The van der Waals surface area contributed by atoms with Gasteiger partial charge in [0, 0.05) is 6.07 Å². The SMILES string of the molecule is CCOc1ccc(C(C)NC(=O)c2cn3nc(OCC)ccc3n2)cc1. The molecule has 1 atom stereocenters. The lowest BCUT2D eigenvalue weighted by Gasteiger charge is -2.14. The van der Waals surface area contributed by atoms with Crippen LogP contribution < -0.4 is 14.8 Å². The first-order valence-electron chi connectivity index (χ1n) is 8.63. The summed E-state index contributed by atoms with van der Waals surface area (Å²) in [4.78, 5) is 16.8. The van der Waals surface area contributed by atoms with Gasteiger partial charge in [0.25, 0.3) is 5.91 Å². The Morgan fingerprint density at radius 1 is 1.12 bits per heavy atom. The zero-order valence-corrected chi connectivity index (χ0v) is 15.1. The van der Waals surface area contributed by atoms with Gasteiger partial charge in [-0.05, 0) is 44.5 Å². The number of nitrogens with zero attached hydrogens (tertiary/aromatic N) is 3. The molecule has 0 saturated heterocycles. The first-order valence-corrected chi connectivity index (χ1v) is 8.63. The van der Waals surface area contributed by atoms with Crippen molar-refractivity contribution in [3.8, 4) is 11.6 Å². The molecular formula is C19H22N4O3. The summed E-state index contributed by atoms with van der Waals surface area (Å²) in [6.45, 7) is 6.91. The number of rotatable bonds is 7. The van der Waals surface area contributed by atoms with Crippen molar-refractivity contribution < 1.29 is 14.3 Å². The summed E-state index contributed by atoms with van der Waals surface area (Å²) in [5, 5.41) is 7.22. The summed E-state index contributed by atoms with van der Waals surface area (Å²) in [5.74, 6) is 1.05. The molecule has 0 aliphatic heterocycles. The van der Waals surface area contributed by atoms with Gasteiger partial charge in [0.15, 0.2) is 5.65 Å². The lowest BCUT2D eigenvalue weighted by Crippen LogP contribution is -2.26. The second-order valence-corrected chi connectivity index (χ2v) is 5.73. The van der Waals surface area contributed by atoms with Crippen LogP contribution in [0, 0.1) is 0 Å². The van der Waals surface area contributed by atoms with Gasteiger partial charge in [-0.25, -0.2) is 9.50 Å². The predicted octanol–water partition coefficient (Wildman–Crippen LogP) is 3.02. The number of ether oxygens (including phenoxy) is 2. The first kappa shape index (κ1) is 17.7. The number of aromatic nitrogens is 3. The van der Waals surface area contributed by atoms with Gasteiger partial charge in [-0.15, -0.1) is 5.10 Å². The lowest BCUT2D eigenvalue weighted by molar-refractivity contribution is 0.0935. The Bertz CT molecular complexity index is 889. The highest BCUT2D eigenvalue weighted by Gasteiger charge is 2.15. The molecule has 0 bridgehead atoms. The van der Waals surface area contributed by atoms with Gasteiger partial charge < -0.3 is 14.8 Å². The number of nitrogens with one attached hydrogen (secondary N) is 1. The standard InChI is InChI=1S/C19H22N4O3/c1-4-25-15-8-6-14(7-9-15)13(3)20-19(24)16-12-23-17(21-16)10-11-18(22-23)26-5-2/h6-13H,4-5H2,1-3H3,(H,20,24). The molecule has 0 aliphatic carbocycles. The van der Waals surface area contributed by atoms with Crippen LogP contribution in [0.5, 0.6) is 11.6 Å². The minimum absolute atomic E-state index is 0.157. The molecule has 0 radical (unpaired) electrons. The Kier molecular flexibility index (Phi) is 5.36. The number of carbonyl (C=O) groups is 1. The topological polar surface area (TPSA) is 77.8 Å². The average molecular weight is 354 g/mol. The minimum Gasteiger partial charge on any atom is -0.494 e. The van der Waals surface area contributed by atoms with Gasteiger partial charge in [0.2, 0.25) is 5.88 Å². The summed E-state index contributed by atoms with van der Waals surface area (Å²) in [7, 11) is 0. The van der Waals surface area contributed by atoms with Crippen LogP contribution in [0.25, 0.3) is 5.65 Å². The van der Waals surface area contributed by atoms with Crippen molar-refractivity contribution in [2.75, 3.05) is 13.2 Å². The van der Waals surface area contributed by atoms with Crippen molar-refractivity contribution in [3.63, 3.8) is 0 Å². The average Bonchev–Trinajstić information content (AvgIpc) is 3.06. The van der Waals surface area contributed by atoms with Gasteiger partial charge in [0.05, 0.1) is 25.5 Å². The molecule has 2 heterocycles. The third-order valence-corrected chi connectivity index (χ3v) is 3.86. The van der Waals surface area contributed by atoms with E-state index in [1.165, 1.54) is 0 Å². The van der Waals surface area contributed by atoms with Crippen molar-refractivity contribution in [1.29, 1.82) is 0 Å². The highest BCUT2D eigenvalue weighted by atomic mass is 16.5. The molecule has 2 aromatic heterocycles. The molecule has 1 aromatic carbocycles. The zero-order chi connectivity index (χ0) is 18.5. The molecule has 136 valence electrons. The van der Waals surface area contributed by atoms with Gasteiger partial charge in [-0.2, -0.15) is 0 Å². The third-order valence-electron chi connectivity index (χ3n) is 3.86. The quantitative estimate of drug-likeness (QED) is 0.706. The molecule has 1 amide bonds. The van der Waals surface area contributed by atoms with E-state index < -0.39 is 0 Å². The summed E-state index contributed by atoms with van der Waals surface area (Å²) in [6, 6.07) is 11.0. The molecule has 26 heavy (non-hydrogen) atoms. The summed E-state index contributed by atoms with van der Waals surface area (Å²) in [6.07, 6.45) is 1.60. The second kappa shape index (κ2) is 7.86. The van der Waals surface area contributed by atoms with Crippen LogP contribution in [0.4, 0.5) is 0 Å². The number of fused-ring (bicyclic) bond motifs is 1. The van der Waals surface area contributed by atoms with E-state index in [1.54, 1.807) is 22.8 Å². The maximum Gasteiger partial charge on any atom is 0.272 e. The maximum atomic E-state index is 12.5. The molecule has 7 nitrogen and oxygen atoms in total. The fourth-order valence-electron chi connectivity index (χ4n) is 2.57. The van der Waals surface area contributed by atoms with Crippen LogP contribution in [0.3, 0.4) is 0 Å². The molecule has 0 saturated carbocycles. The van der Waals surface area contributed by atoms with E-state index in [0.29, 0.717) is 30.4 Å². The largest absolute Gasteiger partial charge is 0.494 e. The predicted molar refractivity (Wildman–Crippen MR) is 97.6 cm³/mol. The maximum absolute atomic E-state index is 12.5. The second-order valence-electron chi connectivity index (χ2n) is 5.73. The van der Waals surface area contributed by atoms with Crippen molar-refractivity contribution in [2.45, 2.75) is 26.8 Å². The monoisotopic (exact) mass is 354 g/mol. The molecule has 0 aliphatic rings. The molecule has 7 heteroatoms. The lowest BCUT2D eigenvalue weighted by atomic mass is 10.1. The Balaban J connectivity index is 1.71. The first-order chi connectivity index (χ1) is 12.6. The van der Waals surface area contributed by atoms with Crippen LogP contribution in [-0.4, -0.2) is 33.7 Å². The summed E-state index contributed by atoms with van der Waals surface area (Å²) in [5.41, 5.74) is 1.89.